The van der Waals surface area contributed by atoms with Gasteiger partial charge < -0.3 is 10.5 Å². The summed E-state index contributed by atoms with van der Waals surface area (Å²) in [4.78, 5) is 17.8. The Kier molecular flexibility index (Phi) is 3.91. The maximum absolute atomic E-state index is 11.0. The summed E-state index contributed by atoms with van der Waals surface area (Å²) in [7, 11) is 0. The minimum atomic E-state index is -0.650. The molecule has 2 aromatic rings. The molecule has 20 heavy (non-hydrogen) atoms. The Balaban J connectivity index is 2.53. The average Bonchev–Trinajstić information content (AvgIpc) is 2.32. The predicted molar refractivity (Wildman–Crippen MR) is 74.4 cm³/mol. The van der Waals surface area contributed by atoms with Crippen LogP contribution in [0.4, 0.5) is 11.6 Å². The molecule has 1 aromatic heterocycles. The molecule has 2 rings (SSSR count). The number of benzene rings is 1. The van der Waals surface area contributed by atoms with Crippen molar-refractivity contribution in [3.63, 3.8) is 0 Å². The van der Waals surface area contributed by atoms with Crippen LogP contribution in [0.25, 0.3) is 0 Å². The van der Waals surface area contributed by atoms with Gasteiger partial charge in [0.1, 0.15) is 11.4 Å². The lowest BCUT2D eigenvalue weighted by Crippen LogP contribution is -2.04. The van der Waals surface area contributed by atoms with Crippen molar-refractivity contribution in [2.75, 3.05) is 5.73 Å². The van der Waals surface area contributed by atoms with E-state index < -0.39 is 4.92 Å². The summed E-state index contributed by atoms with van der Waals surface area (Å²) < 4.78 is 5.35. The Morgan fingerprint density at radius 3 is 2.70 bits per heavy atom. The number of hydrogen-bond donors (Lipinski definition) is 1. The van der Waals surface area contributed by atoms with E-state index >= 15 is 0 Å². The fourth-order valence-corrected chi connectivity index (χ4v) is 1.82. The minimum Gasteiger partial charge on any atom is -0.432 e. The maximum atomic E-state index is 11.0. The van der Waals surface area contributed by atoms with Crippen LogP contribution < -0.4 is 10.5 Å². The minimum absolute atomic E-state index is 0.0932. The van der Waals surface area contributed by atoms with E-state index in [0.29, 0.717) is 5.02 Å². The van der Waals surface area contributed by atoms with Crippen LogP contribution >= 0.6 is 23.2 Å². The van der Waals surface area contributed by atoms with Crippen LogP contribution in [0.15, 0.2) is 18.2 Å². The molecular weight excluding hydrogens is 307 g/mol. The number of rotatable bonds is 3. The largest absolute Gasteiger partial charge is 0.432 e. The van der Waals surface area contributed by atoms with Crippen LogP contribution in [0.2, 0.25) is 10.0 Å². The normalized spacial score (nSPS) is 10.3. The second-order valence-electron chi connectivity index (χ2n) is 3.75. The zero-order chi connectivity index (χ0) is 14.9. The zero-order valence-corrected chi connectivity index (χ0v) is 11.6. The molecule has 9 heteroatoms. The van der Waals surface area contributed by atoms with Gasteiger partial charge in [0, 0.05) is 11.1 Å². The third kappa shape index (κ3) is 2.89. The van der Waals surface area contributed by atoms with Gasteiger partial charge in [-0.3, -0.25) is 10.1 Å². The van der Waals surface area contributed by atoms with Crippen LogP contribution in [0, 0.1) is 17.0 Å². The lowest BCUT2D eigenvalue weighted by molar-refractivity contribution is -0.386. The molecule has 1 heterocycles. The van der Waals surface area contributed by atoms with E-state index in [4.69, 9.17) is 33.7 Å². The van der Waals surface area contributed by atoms with Crippen molar-refractivity contribution >= 4 is 34.8 Å². The Morgan fingerprint density at radius 1 is 1.35 bits per heavy atom. The maximum Gasteiger partial charge on any atom is 0.352 e. The molecule has 0 aliphatic heterocycles. The van der Waals surface area contributed by atoms with Crippen LogP contribution in [0.1, 0.15) is 5.69 Å². The van der Waals surface area contributed by atoms with E-state index in [-0.39, 0.29) is 34.0 Å². The molecule has 0 spiro atoms. The molecule has 1 aromatic carbocycles. The first-order valence-electron chi connectivity index (χ1n) is 5.30. The van der Waals surface area contributed by atoms with Gasteiger partial charge in [-0.25, -0.2) is 4.98 Å². The van der Waals surface area contributed by atoms with Gasteiger partial charge in [0.05, 0.1) is 9.95 Å². The van der Waals surface area contributed by atoms with Crippen LogP contribution in [0.3, 0.4) is 0 Å². The summed E-state index contributed by atoms with van der Waals surface area (Å²) >= 11 is 11.7. The Bertz CT molecular complexity index is 694. The average molecular weight is 315 g/mol. The molecule has 0 atom stereocenters. The van der Waals surface area contributed by atoms with E-state index in [9.17, 15) is 10.1 Å². The second kappa shape index (κ2) is 5.48. The number of hydrogen-bond acceptors (Lipinski definition) is 6. The number of nitrogens with zero attached hydrogens (tertiary/aromatic N) is 3. The highest BCUT2D eigenvalue weighted by molar-refractivity contribution is 6.34. The number of anilines is 1. The third-order valence-corrected chi connectivity index (χ3v) is 2.87. The molecule has 104 valence electrons. The first kappa shape index (κ1) is 14.3. The van der Waals surface area contributed by atoms with Gasteiger partial charge in [0.25, 0.3) is 0 Å². The molecule has 7 nitrogen and oxygen atoms in total. The first-order chi connectivity index (χ1) is 9.38. The summed E-state index contributed by atoms with van der Waals surface area (Å²) in [5, 5.41) is 11.6. The SMILES string of the molecule is Cc1nc(N)nc(Oc2cc(Cl)ccc2Cl)c1[N+](=O)[O-]. The van der Waals surface area contributed by atoms with Gasteiger partial charge in [-0.2, -0.15) is 4.98 Å². The molecule has 0 bridgehead atoms. The van der Waals surface area contributed by atoms with Crippen LogP contribution in [-0.4, -0.2) is 14.9 Å². The highest BCUT2D eigenvalue weighted by atomic mass is 35.5. The molecule has 0 aliphatic rings. The fraction of sp³-hybridized carbons (Fsp3) is 0.0909. The van der Waals surface area contributed by atoms with Gasteiger partial charge in [-0.15, -0.1) is 0 Å². The Morgan fingerprint density at radius 2 is 2.05 bits per heavy atom. The first-order valence-corrected chi connectivity index (χ1v) is 6.05. The summed E-state index contributed by atoms with van der Waals surface area (Å²) in [5.41, 5.74) is 5.18. The number of nitro groups is 1. The van der Waals surface area contributed by atoms with E-state index in [0.717, 1.165) is 0 Å². The molecular formula is C11H8Cl2N4O3. The van der Waals surface area contributed by atoms with Crippen molar-refractivity contribution in [3.05, 3.63) is 44.1 Å². The van der Waals surface area contributed by atoms with Crippen molar-refractivity contribution in [1.29, 1.82) is 0 Å². The molecule has 0 amide bonds. The molecule has 0 saturated carbocycles. The fourth-order valence-electron chi connectivity index (χ4n) is 1.50. The van der Waals surface area contributed by atoms with Gasteiger partial charge >= 0.3 is 11.6 Å². The molecule has 2 N–H and O–H groups in total. The van der Waals surface area contributed by atoms with Crippen LogP contribution in [0.5, 0.6) is 11.6 Å². The zero-order valence-electron chi connectivity index (χ0n) is 10.1. The van der Waals surface area contributed by atoms with Crippen molar-refractivity contribution in [1.82, 2.24) is 9.97 Å². The molecule has 0 aliphatic carbocycles. The van der Waals surface area contributed by atoms with Crippen molar-refractivity contribution < 1.29 is 9.66 Å². The molecule has 0 saturated heterocycles. The summed E-state index contributed by atoms with van der Waals surface area (Å²) in [6.07, 6.45) is 0. The summed E-state index contributed by atoms with van der Waals surface area (Å²) in [6, 6.07) is 4.48. The van der Waals surface area contributed by atoms with Crippen molar-refractivity contribution in [2.24, 2.45) is 0 Å². The molecule has 0 radical (unpaired) electrons. The summed E-state index contributed by atoms with van der Waals surface area (Å²) in [5.74, 6) is -0.287. The van der Waals surface area contributed by atoms with Gasteiger partial charge in [-0.05, 0) is 19.1 Å². The third-order valence-electron chi connectivity index (χ3n) is 2.33. The smallest absolute Gasteiger partial charge is 0.352 e. The van der Waals surface area contributed by atoms with Gasteiger partial charge in [0.15, 0.2) is 0 Å². The standard InChI is InChI=1S/C11H8Cl2N4O3/c1-5-9(17(18)19)10(16-11(14)15-5)20-8-4-6(12)2-3-7(8)13/h2-4H,1H3,(H2,14,15,16). The van der Waals surface area contributed by atoms with E-state index in [1.165, 1.54) is 19.1 Å². The Hall–Kier alpha value is -2.12. The topological polar surface area (TPSA) is 104 Å². The van der Waals surface area contributed by atoms with E-state index in [1.807, 2.05) is 0 Å². The monoisotopic (exact) mass is 314 g/mol. The number of nitrogen functional groups attached to an aromatic ring is 1. The number of aromatic nitrogens is 2. The van der Waals surface area contributed by atoms with Crippen LogP contribution in [-0.2, 0) is 0 Å². The van der Waals surface area contributed by atoms with Crippen molar-refractivity contribution in [3.8, 4) is 11.6 Å². The lowest BCUT2D eigenvalue weighted by Gasteiger charge is -2.08. The van der Waals surface area contributed by atoms with E-state index in [2.05, 4.69) is 9.97 Å². The quantitative estimate of drug-likeness (QED) is 0.688. The molecule has 0 unspecified atom stereocenters. The van der Waals surface area contributed by atoms with E-state index in [1.54, 1.807) is 6.07 Å². The second-order valence-corrected chi connectivity index (χ2v) is 4.60. The highest BCUT2D eigenvalue weighted by Gasteiger charge is 2.24. The number of aryl methyl sites for hydroxylation is 1. The number of ether oxygens (including phenoxy) is 1. The number of nitrogens with two attached hydrogens (primary N) is 1. The van der Waals surface area contributed by atoms with Gasteiger partial charge in [-0.1, -0.05) is 23.2 Å². The Labute approximate surface area is 123 Å². The van der Waals surface area contributed by atoms with Crippen molar-refractivity contribution in [2.45, 2.75) is 6.92 Å². The summed E-state index contributed by atoms with van der Waals surface area (Å²) in [6.45, 7) is 1.43. The number of halogens is 2. The molecule has 0 fully saturated rings. The van der Waals surface area contributed by atoms with Gasteiger partial charge in [0.2, 0.25) is 5.95 Å². The predicted octanol–water partition coefficient (Wildman–Crippen LogP) is 3.37. The highest BCUT2D eigenvalue weighted by Crippen LogP contribution is 2.36. The lowest BCUT2D eigenvalue weighted by atomic mass is 10.3.